The lowest BCUT2D eigenvalue weighted by Crippen LogP contribution is -2.54. The van der Waals surface area contributed by atoms with E-state index in [1.54, 1.807) is 11.0 Å². The fourth-order valence-electron chi connectivity index (χ4n) is 4.42. The SMILES string of the molecule is CC(C)(C)N(C(=O)O)C1(Cn2c3ccccc3c3cc(C(N)=O)c(N)nc32)CC1. The van der Waals surface area contributed by atoms with Crippen LogP contribution < -0.4 is 11.5 Å². The van der Waals surface area contributed by atoms with Crippen molar-refractivity contribution in [2.45, 2.75) is 51.2 Å². The fraction of sp³-hybridized carbons (Fsp3) is 0.381. The molecule has 8 heteroatoms. The van der Waals surface area contributed by atoms with Crippen molar-refractivity contribution >= 4 is 39.8 Å². The quantitative estimate of drug-likeness (QED) is 0.625. The molecule has 1 saturated carbocycles. The summed E-state index contributed by atoms with van der Waals surface area (Å²) in [4.78, 5) is 29.9. The molecule has 3 aromatic rings. The molecular formula is C21H25N5O3. The van der Waals surface area contributed by atoms with Crippen LogP contribution in [-0.4, -0.2) is 42.6 Å². The van der Waals surface area contributed by atoms with Crippen molar-refractivity contribution in [3.63, 3.8) is 0 Å². The largest absolute Gasteiger partial charge is 0.465 e. The van der Waals surface area contributed by atoms with Crippen LogP contribution >= 0.6 is 0 Å². The number of nitrogens with zero attached hydrogens (tertiary/aromatic N) is 3. The average molecular weight is 395 g/mol. The van der Waals surface area contributed by atoms with Gasteiger partial charge in [0.05, 0.1) is 16.6 Å². The van der Waals surface area contributed by atoms with E-state index in [1.807, 2.05) is 49.6 Å². The lowest BCUT2D eigenvalue weighted by molar-refractivity contribution is 0.0547. The Labute approximate surface area is 168 Å². The molecule has 0 spiro atoms. The fourth-order valence-corrected chi connectivity index (χ4v) is 4.42. The van der Waals surface area contributed by atoms with Crippen molar-refractivity contribution in [2.75, 3.05) is 5.73 Å². The number of anilines is 1. The lowest BCUT2D eigenvalue weighted by atomic mass is 10.0. The first kappa shape index (κ1) is 19.0. The zero-order valence-corrected chi connectivity index (χ0v) is 16.8. The number of benzene rings is 1. The van der Waals surface area contributed by atoms with Crippen molar-refractivity contribution in [3.05, 3.63) is 35.9 Å². The first-order chi connectivity index (χ1) is 13.5. The Balaban J connectivity index is 1.93. The van der Waals surface area contributed by atoms with E-state index in [4.69, 9.17) is 11.5 Å². The maximum atomic E-state index is 12.1. The molecule has 1 fully saturated rings. The van der Waals surface area contributed by atoms with E-state index in [0.717, 1.165) is 29.1 Å². The van der Waals surface area contributed by atoms with Crippen LogP contribution in [-0.2, 0) is 6.54 Å². The van der Waals surface area contributed by atoms with Crippen LogP contribution in [0.2, 0.25) is 0 Å². The topological polar surface area (TPSA) is 127 Å². The monoisotopic (exact) mass is 395 g/mol. The molecule has 1 aliphatic rings. The Morgan fingerprint density at radius 1 is 1.24 bits per heavy atom. The summed E-state index contributed by atoms with van der Waals surface area (Å²) in [6, 6.07) is 9.44. The predicted octanol–water partition coefficient (Wildman–Crippen LogP) is 3.18. The molecule has 0 saturated heterocycles. The van der Waals surface area contributed by atoms with Gasteiger partial charge in [0.25, 0.3) is 5.91 Å². The van der Waals surface area contributed by atoms with Gasteiger partial charge in [-0.3, -0.25) is 9.69 Å². The van der Waals surface area contributed by atoms with Gasteiger partial charge in [0.2, 0.25) is 0 Å². The summed E-state index contributed by atoms with van der Waals surface area (Å²) in [5.41, 5.74) is 12.1. The summed E-state index contributed by atoms with van der Waals surface area (Å²) in [5.74, 6) is -0.554. The minimum Gasteiger partial charge on any atom is -0.465 e. The van der Waals surface area contributed by atoms with Gasteiger partial charge >= 0.3 is 6.09 Å². The van der Waals surface area contributed by atoms with Crippen LogP contribution in [0.15, 0.2) is 30.3 Å². The molecule has 1 aliphatic carbocycles. The second kappa shape index (κ2) is 6.10. The van der Waals surface area contributed by atoms with Gasteiger partial charge in [-0.2, -0.15) is 0 Å². The molecule has 5 N–H and O–H groups in total. The highest BCUT2D eigenvalue weighted by Crippen LogP contribution is 2.48. The van der Waals surface area contributed by atoms with Crippen LogP contribution in [0.5, 0.6) is 0 Å². The Bertz CT molecular complexity index is 1150. The summed E-state index contributed by atoms with van der Waals surface area (Å²) in [6.45, 7) is 6.18. The molecule has 1 aromatic carbocycles. The van der Waals surface area contributed by atoms with Gasteiger partial charge in [0.15, 0.2) is 0 Å². The van der Waals surface area contributed by atoms with E-state index in [2.05, 4.69) is 4.98 Å². The molecule has 152 valence electrons. The first-order valence-electron chi connectivity index (χ1n) is 9.56. The molecule has 2 heterocycles. The number of pyridine rings is 1. The Kier molecular flexibility index (Phi) is 4.01. The molecular weight excluding hydrogens is 370 g/mol. The maximum Gasteiger partial charge on any atom is 0.408 e. The third-order valence-electron chi connectivity index (χ3n) is 5.65. The average Bonchev–Trinajstić information content (AvgIpc) is 3.31. The maximum absolute atomic E-state index is 12.1. The first-order valence-corrected chi connectivity index (χ1v) is 9.56. The van der Waals surface area contributed by atoms with Crippen LogP contribution in [0.3, 0.4) is 0 Å². The number of carbonyl (C=O) groups excluding carboxylic acids is 1. The van der Waals surface area contributed by atoms with Gasteiger partial charge in [-0.15, -0.1) is 0 Å². The number of hydrogen-bond donors (Lipinski definition) is 3. The highest BCUT2D eigenvalue weighted by Gasteiger charge is 2.54. The van der Waals surface area contributed by atoms with Gasteiger partial charge in [0, 0.05) is 22.9 Å². The third-order valence-corrected chi connectivity index (χ3v) is 5.65. The van der Waals surface area contributed by atoms with E-state index >= 15 is 0 Å². The number of nitrogen functional groups attached to an aromatic ring is 1. The standard InChI is InChI=1S/C21H25N5O3/c1-20(2,3)26(19(28)29)21(8-9-21)11-25-15-7-5-4-6-12(15)13-10-14(17(23)27)16(22)24-18(13)25/h4-7,10H,8-9,11H2,1-3H3,(H2,22,24)(H2,23,27)(H,28,29). The molecule has 0 atom stereocenters. The number of carboxylic acid groups (broad SMARTS) is 1. The molecule has 0 unspecified atom stereocenters. The van der Waals surface area contributed by atoms with Gasteiger partial charge in [-0.25, -0.2) is 9.78 Å². The summed E-state index contributed by atoms with van der Waals surface area (Å²) in [7, 11) is 0. The Hall–Kier alpha value is -3.29. The third kappa shape index (κ3) is 2.95. The van der Waals surface area contributed by atoms with E-state index in [1.165, 1.54) is 0 Å². The van der Waals surface area contributed by atoms with Crippen molar-refractivity contribution in [2.24, 2.45) is 5.73 Å². The summed E-state index contributed by atoms with van der Waals surface area (Å²) in [6.07, 6.45) is 0.623. The van der Waals surface area contributed by atoms with E-state index in [9.17, 15) is 14.7 Å². The van der Waals surface area contributed by atoms with Crippen molar-refractivity contribution in [1.82, 2.24) is 14.5 Å². The lowest BCUT2D eigenvalue weighted by Gasteiger charge is -2.40. The van der Waals surface area contributed by atoms with Gasteiger partial charge in [-0.05, 0) is 45.7 Å². The van der Waals surface area contributed by atoms with Gasteiger partial charge in [0.1, 0.15) is 11.5 Å². The molecule has 29 heavy (non-hydrogen) atoms. The molecule has 0 radical (unpaired) electrons. The van der Waals surface area contributed by atoms with E-state index in [0.29, 0.717) is 12.2 Å². The van der Waals surface area contributed by atoms with Crippen molar-refractivity contribution < 1.29 is 14.7 Å². The van der Waals surface area contributed by atoms with Crippen LogP contribution in [0, 0.1) is 0 Å². The number of amides is 2. The highest BCUT2D eigenvalue weighted by atomic mass is 16.4. The van der Waals surface area contributed by atoms with Crippen LogP contribution in [0.1, 0.15) is 44.0 Å². The van der Waals surface area contributed by atoms with E-state index in [-0.39, 0.29) is 11.4 Å². The molecule has 2 aromatic heterocycles. The number of primary amides is 1. The number of carbonyl (C=O) groups is 2. The number of para-hydroxylation sites is 1. The zero-order valence-electron chi connectivity index (χ0n) is 16.8. The Morgan fingerprint density at radius 2 is 1.90 bits per heavy atom. The molecule has 0 aliphatic heterocycles. The minimum absolute atomic E-state index is 0.0739. The summed E-state index contributed by atoms with van der Waals surface area (Å²) < 4.78 is 2.01. The predicted molar refractivity (Wildman–Crippen MR) is 112 cm³/mol. The normalized spacial score (nSPS) is 15.6. The van der Waals surface area contributed by atoms with Gasteiger partial charge in [-0.1, -0.05) is 18.2 Å². The van der Waals surface area contributed by atoms with E-state index < -0.39 is 23.1 Å². The van der Waals surface area contributed by atoms with Crippen molar-refractivity contribution in [1.29, 1.82) is 0 Å². The highest BCUT2D eigenvalue weighted by molar-refractivity contribution is 6.10. The van der Waals surface area contributed by atoms with Gasteiger partial charge < -0.3 is 21.1 Å². The molecule has 0 bridgehead atoms. The summed E-state index contributed by atoms with van der Waals surface area (Å²) >= 11 is 0. The second-order valence-electron chi connectivity index (χ2n) is 8.77. The molecule has 4 rings (SSSR count). The van der Waals surface area contributed by atoms with Crippen LogP contribution in [0.25, 0.3) is 21.9 Å². The Morgan fingerprint density at radius 3 is 2.45 bits per heavy atom. The summed E-state index contributed by atoms with van der Waals surface area (Å²) in [5, 5.41) is 11.6. The number of fused-ring (bicyclic) bond motifs is 3. The zero-order chi connectivity index (χ0) is 21.1. The number of rotatable bonds is 4. The van der Waals surface area contributed by atoms with Crippen molar-refractivity contribution in [3.8, 4) is 0 Å². The van der Waals surface area contributed by atoms with Crippen LogP contribution in [0.4, 0.5) is 10.6 Å². The number of nitrogens with two attached hydrogens (primary N) is 2. The smallest absolute Gasteiger partial charge is 0.408 e. The molecule has 8 nitrogen and oxygen atoms in total. The minimum atomic E-state index is -0.931. The second-order valence-corrected chi connectivity index (χ2v) is 8.77. The number of aromatic nitrogens is 2. The number of hydrogen-bond acceptors (Lipinski definition) is 4. The molecule has 2 amide bonds.